The first-order valence-corrected chi connectivity index (χ1v) is 10.1. The van der Waals surface area contributed by atoms with Crippen molar-refractivity contribution in [3.8, 4) is 0 Å². The summed E-state index contributed by atoms with van der Waals surface area (Å²) in [4.78, 5) is 0. The van der Waals surface area contributed by atoms with E-state index < -0.39 is 8.32 Å². The molecular weight excluding hydrogens is 224 g/mol. The van der Waals surface area contributed by atoms with Crippen LogP contribution in [0.3, 0.4) is 0 Å². The minimum absolute atomic E-state index is 0.329. The van der Waals surface area contributed by atoms with Crippen LogP contribution in [0.2, 0.25) is 18.1 Å². The summed E-state index contributed by atoms with van der Waals surface area (Å²) in [5.74, 6) is 0. The van der Waals surface area contributed by atoms with Gasteiger partial charge >= 0.3 is 0 Å². The van der Waals surface area contributed by atoms with Gasteiger partial charge in [-0.05, 0) is 43.8 Å². The van der Waals surface area contributed by atoms with Gasteiger partial charge in [-0.25, -0.2) is 0 Å². The third-order valence-corrected chi connectivity index (χ3v) is 8.76. The van der Waals surface area contributed by atoms with Crippen molar-refractivity contribution in [3.05, 3.63) is 12.2 Å². The molecule has 100 valence electrons. The average molecular weight is 254 g/mol. The number of allylic oxidation sites excluding steroid dienone is 1. The van der Waals surface area contributed by atoms with Gasteiger partial charge in [-0.3, -0.25) is 0 Å². The molecule has 1 aliphatic carbocycles. The summed E-state index contributed by atoms with van der Waals surface area (Å²) in [5, 5.41) is 0.329. The highest BCUT2D eigenvalue weighted by Crippen LogP contribution is 2.38. The van der Waals surface area contributed by atoms with Crippen LogP contribution in [0.15, 0.2) is 12.2 Å². The second kappa shape index (κ2) is 6.19. The molecule has 0 fully saturated rings. The van der Waals surface area contributed by atoms with E-state index in [1.807, 2.05) is 0 Å². The Morgan fingerprint density at radius 3 is 2.41 bits per heavy atom. The third kappa shape index (κ3) is 4.97. The molecule has 1 rings (SSSR count). The van der Waals surface area contributed by atoms with Crippen molar-refractivity contribution in [3.63, 3.8) is 0 Å². The maximum atomic E-state index is 6.52. The molecule has 0 heterocycles. The van der Waals surface area contributed by atoms with E-state index in [4.69, 9.17) is 4.43 Å². The minimum Gasteiger partial charge on any atom is -0.414 e. The molecule has 0 bridgehead atoms. The lowest BCUT2D eigenvalue weighted by Crippen LogP contribution is -2.43. The molecule has 2 heteroatoms. The second-order valence-corrected chi connectivity index (χ2v) is 11.6. The van der Waals surface area contributed by atoms with Crippen molar-refractivity contribution >= 4 is 8.32 Å². The molecular formula is C15H30OSi. The molecule has 1 aliphatic rings. The highest BCUT2D eigenvalue weighted by Gasteiger charge is 2.38. The van der Waals surface area contributed by atoms with Gasteiger partial charge in [0.05, 0.1) is 0 Å². The lowest BCUT2D eigenvalue weighted by atomic mass is 10.1. The van der Waals surface area contributed by atoms with Crippen LogP contribution in [0.5, 0.6) is 0 Å². The number of hydrogen-bond donors (Lipinski definition) is 0. The van der Waals surface area contributed by atoms with Crippen LogP contribution in [0.4, 0.5) is 0 Å². The Labute approximate surface area is 109 Å². The summed E-state index contributed by atoms with van der Waals surface area (Å²) in [6.07, 6.45) is 12.8. The van der Waals surface area contributed by atoms with Gasteiger partial charge in [0.25, 0.3) is 0 Å². The topological polar surface area (TPSA) is 9.23 Å². The monoisotopic (exact) mass is 254 g/mol. The van der Waals surface area contributed by atoms with Crippen molar-refractivity contribution < 1.29 is 4.43 Å². The fraction of sp³-hybridized carbons (Fsp3) is 0.867. The van der Waals surface area contributed by atoms with Crippen molar-refractivity contribution in [1.29, 1.82) is 0 Å². The van der Waals surface area contributed by atoms with Gasteiger partial charge in [-0.15, -0.1) is 0 Å². The predicted octanol–water partition coefficient (Wildman–Crippen LogP) is 5.29. The largest absolute Gasteiger partial charge is 0.414 e. The van der Waals surface area contributed by atoms with Gasteiger partial charge in [0.1, 0.15) is 0 Å². The fourth-order valence-corrected chi connectivity index (χ4v) is 3.40. The Hall–Kier alpha value is -0.0831. The molecule has 0 saturated carbocycles. The summed E-state index contributed by atoms with van der Waals surface area (Å²) in [6, 6.07) is 0. The van der Waals surface area contributed by atoms with Crippen molar-refractivity contribution in [2.75, 3.05) is 0 Å². The quantitative estimate of drug-likeness (QED) is 0.481. The van der Waals surface area contributed by atoms with Crippen molar-refractivity contribution in [1.82, 2.24) is 0 Å². The van der Waals surface area contributed by atoms with Crippen molar-refractivity contribution in [2.45, 2.75) is 83.5 Å². The van der Waals surface area contributed by atoms with E-state index in [-0.39, 0.29) is 0 Å². The van der Waals surface area contributed by atoms with Gasteiger partial charge in [-0.1, -0.05) is 45.8 Å². The van der Waals surface area contributed by atoms with E-state index in [1.54, 1.807) is 0 Å². The SMILES string of the molecule is CC(C)(C)[Si](C)(C)OC1C/C=C\CCCCC1. The Kier molecular flexibility index (Phi) is 5.45. The lowest BCUT2D eigenvalue weighted by molar-refractivity contribution is 0.170. The Morgan fingerprint density at radius 2 is 1.76 bits per heavy atom. The van der Waals surface area contributed by atoms with Gasteiger partial charge < -0.3 is 4.43 Å². The predicted molar refractivity (Wildman–Crippen MR) is 78.9 cm³/mol. The maximum absolute atomic E-state index is 6.52. The summed E-state index contributed by atoms with van der Waals surface area (Å²) >= 11 is 0. The van der Waals surface area contributed by atoms with Crippen LogP contribution in [0.25, 0.3) is 0 Å². The smallest absolute Gasteiger partial charge is 0.192 e. The summed E-state index contributed by atoms with van der Waals surface area (Å²) in [5.41, 5.74) is 0. The fourth-order valence-electron chi connectivity index (χ4n) is 2.00. The van der Waals surface area contributed by atoms with Gasteiger partial charge in [0, 0.05) is 6.10 Å². The van der Waals surface area contributed by atoms with E-state index in [1.165, 1.54) is 32.1 Å². The first kappa shape index (κ1) is 15.0. The van der Waals surface area contributed by atoms with E-state index in [2.05, 4.69) is 46.0 Å². The Morgan fingerprint density at radius 1 is 1.06 bits per heavy atom. The first-order valence-electron chi connectivity index (χ1n) is 7.16. The molecule has 0 radical (unpaired) electrons. The third-order valence-electron chi connectivity index (χ3n) is 4.23. The molecule has 1 nitrogen and oxygen atoms in total. The zero-order chi connectivity index (χ0) is 12.9. The lowest BCUT2D eigenvalue weighted by Gasteiger charge is -2.39. The standard InChI is InChI=1S/C15H30OSi/c1-15(2,3)17(4,5)16-14-12-10-8-6-7-9-11-13-14/h8,10,14H,6-7,9,11-13H2,1-5H3/b10-8-. The summed E-state index contributed by atoms with van der Waals surface area (Å²) < 4.78 is 6.52. The summed E-state index contributed by atoms with van der Waals surface area (Å²) in [7, 11) is -1.58. The highest BCUT2D eigenvalue weighted by molar-refractivity contribution is 6.74. The van der Waals surface area contributed by atoms with Crippen LogP contribution in [-0.4, -0.2) is 14.4 Å². The van der Waals surface area contributed by atoms with E-state index in [0.29, 0.717) is 11.1 Å². The van der Waals surface area contributed by atoms with Crippen LogP contribution in [-0.2, 0) is 4.43 Å². The molecule has 0 amide bonds. The molecule has 0 aromatic rings. The van der Waals surface area contributed by atoms with Crippen molar-refractivity contribution in [2.24, 2.45) is 0 Å². The zero-order valence-electron chi connectivity index (χ0n) is 12.4. The Bertz CT molecular complexity index is 250. The molecule has 1 atom stereocenters. The average Bonchev–Trinajstić information content (AvgIpc) is 2.29. The van der Waals surface area contributed by atoms with Crippen LogP contribution in [0, 0.1) is 0 Å². The van der Waals surface area contributed by atoms with E-state index >= 15 is 0 Å². The minimum atomic E-state index is -1.58. The zero-order valence-corrected chi connectivity index (χ0v) is 13.4. The maximum Gasteiger partial charge on any atom is 0.192 e. The molecule has 0 N–H and O–H groups in total. The molecule has 0 aliphatic heterocycles. The van der Waals surface area contributed by atoms with E-state index in [0.717, 1.165) is 6.42 Å². The molecule has 17 heavy (non-hydrogen) atoms. The van der Waals surface area contributed by atoms with Crippen LogP contribution < -0.4 is 0 Å². The normalized spacial score (nSPS) is 25.8. The number of rotatable bonds is 2. The molecule has 0 aromatic carbocycles. The highest BCUT2D eigenvalue weighted by atomic mass is 28.4. The summed E-state index contributed by atoms with van der Waals surface area (Å²) in [6.45, 7) is 11.7. The van der Waals surface area contributed by atoms with Gasteiger partial charge in [0.2, 0.25) is 0 Å². The van der Waals surface area contributed by atoms with E-state index in [9.17, 15) is 0 Å². The molecule has 1 unspecified atom stereocenters. The van der Waals surface area contributed by atoms with Crippen LogP contribution >= 0.6 is 0 Å². The molecule has 0 aromatic heterocycles. The Balaban J connectivity index is 2.58. The van der Waals surface area contributed by atoms with Crippen LogP contribution in [0.1, 0.15) is 59.3 Å². The first-order chi connectivity index (χ1) is 7.83. The molecule has 0 saturated heterocycles. The molecule has 0 spiro atoms. The second-order valence-electron chi connectivity index (χ2n) is 6.85. The van der Waals surface area contributed by atoms with Gasteiger partial charge in [0.15, 0.2) is 8.32 Å². The number of hydrogen-bond acceptors (Lipinski definition) is 1. The van der Waals surface area contributed by atoms with Gasteiger partial charge in [-0.2, -0.15) is 0 Å².